The summed E-state index contributed by atoms with van der Waals surface area (Å²) in [7, 11) is 0. The van der Waals surface area contributed by atoms with Crippen molar-refractivity contribution in [2.24, 2.45) is 5.92 Å². The Balaban J connectivity index is 0.000000648. The maximum Gasteiger partial charge on any atom is 0.414 e. The van der Waals surface area contributed by atoms with Crippen LogP contribution in [0.4, 0.5) is 8.78 Å². The quantitative estimate of drug-likeness (QED) is 0.577. The first kappa shape index (κ1) is 27.2. The summed E-state index contributed by atoms with van der Waals surface area (Å²) < 4.78 is 26.7. The highest BCUT2D eigenvalue weighted by molar-refractivity contribution is 6.27. The van der Waals surface area contributed by atoms with Gasteiger partial charge in [-0.2, -0.15) is 0 Å². The Labute approximate surface area is 185 Å². The fourth-order valence-electron chi connectivity index (χ4n) is 3.88. The normalized spacial score (nSPS) is 14.2. The molecule has 0 aliphatic carbocycles. The van der Waals surface area contributed by atoms with Gasteiger partial charge < -0.3 is 25.7 Å². The number of nitrogens with zero attached hydrogens (tertiary/aromatic N) is 1. The highest BCUT2D eigenvalue weighted by Crippen LogP contribution is 2.38. The van der Waals surface area contributed by atoms with Gasteiger partial charge in [0.2, 0.25) is 0 Å². The van der Waals surface area contributed by atoms with Gasteiger partial charge >= 0.3 is 11.9 Å². The Morgan fingerprint density at radius 3 is 1.62 bits per heavy atom. The van der Waals surface area contributed by atoms with Crippen molar-refractivity contribution < 1.29 is 39.2 Å². The van der Waals surface area contributed by atoms with Crippen LogP contribution < -0.4 is 0 Å². The maximum atomic E-state index is 13.3. The summed E-state index contributed by atoms with van der Waals surface area (Å²) in [6.45, 7) is 3.17. The molecule has 3 rings (SSSR count). The molecule has 1 heterocycles. The summed E-state index contributed by atoms with van der Waals surface area (Å²) in [5.74, 6) is -3.52. The summed E-state index contributed by atoms with van der Waals surface area (Å²) in [5.41, 5.74) is 2.17. The average Bonchev–Trinajstić information content (AvgIpc) is 2.76. The number of piperidine rings is 1. The lowest BCUT2D eigenvalue weighted by Gasteiger charge is -2.36. The molecule has 1 aliphatic rings. The molecule has 32 heavy (non-hydrogen) atoms. The van der Waals surface area contributed by atoms with E-state index in [0.29, 0.717) is 5.92 Å². The SMILES string of the molecule is O.O=C(O)C(=O)O.OCCCN1CCC(C(c2ccc(F)cc2)c2ccc(F)cc2)CC1. The molecule has 2 aromatic rings. The molecule has 1 saturated heterocycles. The number of aliphatic hydroxyl groups excluding tert-OH is 1. The molecule has 0 bridgehead atoms. The van der Waals surface area contributed by atoms with Crippen LogP contribution in [0.15, 0.2) is 48.5 Å². The largest absolute Gasteiger partial charge is 0.473 e. The zero-order chi connectivity index (χ0) is 22.8. The van der Waals surface area contributed by atoms with E-state index in [1.807, 2.05) is 24.3 Å². The molecule has 0 spiro atoms. The fourth-order valence-corrected chi connectivity index (χ4v) is 3.88. The van der Waals surface area contributed by atoms with Gasteiger partial charge in [-0.25, -0.2) is 18.4 Å². The highest BCUT2D eigenvalue weighted by atomic mass is 19.1. The molecule has 0 aromatic heterocycles. The monoisotopic (exact) mass is 453 g/mol. The van der Waals surface area contributed by atoms with E-state index in [0.717, 1.165) is 50.0 Å². The Kier molecular flexibility index (Phi) is 11.5. The third kappa shape index (κ3) is 8.33. The zero-order valence-corrected chi connectivity index (χ0v) is 17.6. The van der Waals surface area contributed by atoms with Crippen molar-refractivity contribution in [2.75, 3.05) is 26.2 Å². The summed E-state index contributed by atoms with van der Waals surface area (Å²) in [4.78, 5) is 20.6. The molecule has 0 atom stereocenters. The van der Waals surface area contributed by atoms with Crippen LogP contribution in [0.3, 0.4) is 0 Å². The van der Waals surface area contributed by atoms with Gasteiger partial charge in [0.25, 0.3) is 0 Å². The van der Waals surface area contributed by atoms with Crippen LogP contribution in [-0.4, -0.2) is 63.9 Å². The number of carbonyl (C=O) groups is 2. The van der Waals surface area contributed by atoms with E-state index in [4.69, 9.17) is 24.9 Å². The highest BCUT2D eigenvalue weighted by Gasteiger charge is 2.28. The minimum Gasteiger partial charge on any atom is -0.473 e. The van der Waals surface area contributed by atoms with Gasteiger partial charge in [-0.1, -0.05) is 24.3 Å². The molecule has 1 fully saturated rings. The van der Waals surface area contributed by atoms with Crippen LogP contribution in [0.1, 0.15) is 36.3 Å². The molecule has 0 unspecified atom stereocenters. The number of likely N-dealkylation sites (tertiary alicyclic amines) is 1. The second-order valence-electron chi connectivity index (χ2n) is 7.45. The Hall–Kier alpha value is -2.88. The van der Waals surface area contributed by atoms with Crippen LogP contribution in [0.25, 0.3) is 0 Å². The molecular weight excluding hydrogens is 424 g/mol. The van der Waals surface area contributed by atoms with Crippen LogP contribution in [0.5, 0.6) is 0 Å². The maximum absolute atomic E-state index is 13.3. The first-order chi connectivity index (χ1) is 14.8. The van der Waals surface area contributed by atoms with Gasteiger partial charge in [-0.05, 0) is 73.7 Å². The predicted molar refractivity (Wildman–Crippen MR) is 114 cm³/mol. The fraction of sp³-hybridized carbons (Fsp3) is 0.391. The zero-order valence-electron chi connectivity index (χ0n) is 17.6. The number of halogens is 2. The minimum absolute atomic E-state index is 0. The number of benzene rings is 2. The summed E-state index contributed by atoms with van der Waals surface area (Å²) >= 11 is 0. The third-order valence-electron chi connectivity index (χ3n) is 5.38. The number of hydrogen-bond donors (Lipinski definition) is 3. The predicted octanol–water partition coefficient (Wildman–Crippen LogP) is 2.52. The van der Waals surface area contributed by atoms with Crippen molar-refractivity contribution in [2.45, 2.75) is 25.2 Å². The van der Waals surface area contributed by atoms with Crippen molar-refractivity contribution in [3.8, 4) is 0 Å². The van der Waals surface area contributed by atoms with Crippen molar-refractivity contribution in [1.29, 1.82) is 0 Å². The molecule has 176 valence electrons. The molecule has 0 amide bonds. The van der Waals surface area contributed by atoms with E-state index in [1.54, 1.807) is 0 Å². The van der Waals surface area contributed by atoms with Gasteiger partial charge in [0.05, 0.1) is 0 Å². The summed E-state index contributed by atoms with van der Waals surface area (Å²) in [5, 5.41) is 23.8. The number of carboxylic acid groups (broad SMARTS) is 2. The van der Waals surface area contributed by atoms with Crippen molar-refractivity contribution in [3.05, 3.63) is 71.3 Å². The topological polar surface area (TPSA) is 130 Å². The Bertz CT molecular complexity index is 779. The lowest BCUT2D eigenvalue weighted by molar-refractivity contribution is -0.159. The second kappa shape index (κ2) is 13.5. The van der Waals surface area contributed by atoms with Gasteiger partial charge in [0.15, 0.2) is 0 Å². The number of carboxylic acids is 2. The molecule has 5 N–H and O–H groups in total. The van der Waals surface area contributed by atoms with E-state index in [9.17, 15) is 8.78 Å². The first-order valence-electron chi connectivity index (χ1n) is 10.1. The Morgan fingerprint density at radius 1 is 0.875 bits per heavy atom. The molecule has 0 radical (unpaired) electrons. The second-order valence-corrected chi connectivity index (χ2v) is 7.45. The molecule has 7 nitrogen and oxygen atoms in total. The van der Waals surface area contributed by atoms with Crippen LogP contribution in [-0.2, 0) is 9.59 Å². The minimum atomic E-state index is -1.82. The summed E-state index contributed by atoms with van der Waals surface area (Å²) in [6, 6.07) is 13.4. The van der Waals surface area contributed by atoms with Crippen LogP contribution >= 0.6 is 0 Å². The molecule has 9 heteroatoms. The van der Waals surface area contributed by atoms with E-state index >= 15 is 0 Å². The molecule has 2 aromatic carbocycles. The lowest BCUT2D eigenvalue weighted by Crippen LogP contribution is -2.36. The van der Waals surface area contributed by atoms with E-state index in [-0.39, 0.29) is 29.6 Å². The third-order valence-corrected chi connectivity index (χ3v) is 5.38. The lowest BCUT2D eigenvalue weighted by atomic mass is 9.76. The van der Waals surface area contributed by atoms with E-state index < -0.39 is 11.9 Å². The standard InChI is InChI=1S/C21H25F2NO.C2H2O4.H2O/c22-19-6-2-16(3-7-19)21(17-4-8-20(23)9-5-17)18-10-13-24(14-11-18)12-1-15-25;3-1(4)2(5)6;/h2-9,18,21,25H,1,10-15H2;(H,3,4)(H,5,6);1H2. The Morgan fingerprint density at radius 2 is 1.28 bits per heavy atom. The van der Waals surface area contributed by atoms with Gasteiger partial charge in [-0.15, -0.1) is 0 Å². The summed E-state index contributed by atoms with van der Waals surface area (Å²) in [6.07, 6.45) is 2.90. The molecular formula is C23H29F2NO6. The van der Waals surface area contributed by atoms with E-state index in [2.05, 4.69) is 4.90 Å². The number of hydrogen-bond acceptors (Lipinski definition) is 4. The van der Waals surface area contributed by atoms with E-state index in [1.165, 1.54) is 24.3 Å². The number of rotatable bonds is 6. The van der Waals surface area contributed by atoms with Crippen LogP contribution in [0.2, 0.25) is 0 Å². The number of aliphatic carboxylic acids is 2. The van der Waals surface area contributed by atoms with Crippen molar-refractivity contribution in [3.63, 3.8) is 0 Å². The number of aliphatic hydroxyl groups is 1. The smallest absolute Gasteiger partial charge is 0.414 e. The molecule has 0 saturated carbocycles. The van der Waals surface area contributed by atoms with Crippen molar-refractivity contribution in [1.82, 2.24) is 4.90 Å². The van der Waals surface area contributed by atoms with Gasteiger partial charge in [-0.3, -0.25) is 0 Å². The van der Waals surface area contributed by atoms with Gasteiger partial charge in [0.1, 0.15) is 11.6 Å². The average molecular weight is 453 g/mol. The van der Waals surface area contributed by atoms with Crippen LogP contribution in [0, 0.1) is 17.6 Å². The van der Waals surface area contributed by atoms with Crippen molar-refractivity contribution >= 4 is 11.9 Å². The van der Waals surface area contributed by atoms with Gasteiger partial charge in [0, 0.05) is 19.1 Å². The molecule has 1 aliphatic heterocycles. The first-order valence-corrected chi connectivity index (χ1v) is 10.1.